The number of rotatable bonds is 1. The molecule has 20 heavy (non-hydrogen) atoms. The number of carboxylic acid groups (broad SMARTS) is 1. The lowest BCUT2D eigenvalue weighted by Crippen LogP contribution is -2.48. The molecule has 1 aromatic carbocycles. The Morgan fingerprint density at radius 1 is 1.25 bits per heavy atom. The van der Waals surface area contributed by atoms with Gasteiger partial charge in [-0.1, -0.05) is 0 Å². The van der Waals surface area contributed by atoms with E-state index in [0.29, 0.717) is 19.1 Å². The van der Waals surface area contributed by atoms with E-state index in [4.69, 9.17) is 10.8 Å². The molecule has 0 unspecified atom stereocenters. The maximum atomic E-state index is 11.0. The van der Waals surface area contributed by atoms with E-state index in [-0.39, 0.29) is 0 Å². The molecule has 3 N–H and O–H groups in total. The van der Waals surface area contributed by atoms with Gasteiger partial charge in [0.15, 0.2) is 0 Å². The number of aryl methyl sites for hydroxylation is 1. The van der Waals surface area contributed by atoms with E-state index >= 15 is 0 Å². The smallest absolute Gasteiger partial charge is 0.407 e. The minimum atomic E-state index is -0.796. The number of fused-ring (bicyclic) bond motifs is 1. The number of amides is 1. The van der Waals surface area contributed by atoms with Crippen molar-refractivity contribution in [1.82, 2.24) is 4.90 Å². The highest BCUT2D eigenvalue weighted by Crippen LogP contribution is 2.32. The summed E-state index contributed by atoms with van der Waals surface area (Å²) in [6, 6.07) is 6.61. The van der Waals surface area contributed by atoms with Gasteiger partial charge >= 0.3 is 6.09 Å². The van der Waals surface area contributed by atoms with Gasteiger partial charge in [0.05, 0.1) is 0 Å². The molecular weight excluding hydrogens is 254 g/mol. The van der Waals surface area contributed by atoms with Crippen molar-refractivity contribution < 1.29 is 9.90 Å². The van der Waals surface area contributed by atoms with E-state index in [1.165, 1.54) is 16.2 Å². The van der Waals surface area contributed by atoms with Crippen LogP contribution in [0.3, 0.4) is 0 Å². The van der Waals surface area contributed by atoms with Gasteiger partial charge in [-0.25, -0.2) is 4.79 Å². The van der Waals surface area contributed by atoms with E-state index in [2.05, 4.69) is 17.0 Å². The van der Waals surface area contributed by atoms with E-state index < -0.39 is 6.09 Å². The van der Waals surface area contributed by atoms with Crippen LogP contribution in [-0.4, -0.2) is 41.8 Å². The van der Waals surface area contributed by atoms with Crippen LogP contribution in [0.5, 0.6) is 0 Å². The molecule has 0 bridgehead atoms. The Balaban J connectivity index is 1.75. The summed E-state index contributed by atoms with van der Waals surface area (Å²) in [5.74, 6) is 0. The topological polar surface area (TPSA) is 69.8 Å². The summed E-state index contributed by atoms with van der Waals surface area (Å²) in [6.45, 7) is 2.34. The number of nitrogen functional groups attached to an aromatic ring is 1. The van der Waals surface area contributed by atoms with E-state index in [1.807, 2.05) is 6.07 Å². The first kappa shape index (κ1) is 13.1. The Labute approximate surface area is 119 Å². The predicted octanol–water partition coefficient (Wildman–Crippen LogP) is 2.16. The average molecular weight is 275 g/mol. The maximum absolute atomic E-state index is 11.0. The van der Waals surface area contributed by atoms with Crippen LogP contribution >= 0.6 is 0 Å². The number of nitrogens with zero attached hydrogens (tertiary/aromatic N) is 2. The predicted molar refractivity (Wildman–Crippen MR) is 79.1 cm³/mol. The Morgan fingerprint density at radius 2 is 2.00 bits per heavy atom. The molecule has 2 heterocycles. The highest BCUT2D eigenvalue weighted by Gasteiger charge is 2.29. The van der Waals surface area contributed by atoms with Gasteiger partial charge in [-0.15, -0.1) is 0 Å². The molecule has 1 saturated heterocycles. The fourth-order valence-electron chi connectivity index (χ4n) is 3.39. The first-order chi connectivity index (χ1) is 9.65. The molecule has 1 aromatic rings. The number of hydrogen-bond acceptors (Lipinski definition) is 3. The second-order valence-electron chi connectivity index (χ2n) is 5.69. The van der Waals surface area contributed by atoms with Crippen LogP contribution in [-0.2, 0) is 6.42 Å². The van der Waals surface area contributed by atoms with Gasteiger partial charge < -0.3 is 20.6 Å². The van der Waals surface area contributed by atoms with Gasteiger partial charge in [-0.2, -0.15) is 0 Å². The van der Waals surface area contributed by atoms with Crippen LogP contribution < -0.4 is 10.6 Å². The third kappa shape index (κ3) is 2.40. The molecule has 0 aliphatic carbocycles. The second kappa shape index (κ2) is 5.23. The standard InChI is InChI=1S/C15H21N3O2/c16-12-3-4-14-11(10-12)2-1-7-18(14)13-5-8-17(9-6-13)15(19)20/h3-4,10,13H,1-2,5-9,16H2,(H,19,20). The Morgan fingerprint density at radius 3 is 2.70 bits per heavy atom. The number of likely N-dealkylation sites (tertiary alicyclic amines) is 1. The molecule has 0 spiro atoms. The number of benzene rings is 1. The summed E-state index contributed by atoms with van der Waals surface area (Å²) in [5, 5.41) is 9.02. The van der Waals surface area contributed by atoms with Crippen molar-refractivity contribution in [2.75, 3.05) is 30.3 Å². The Bertz CT molecular complexity index is 510. The molecule has 5 heteroatoms. The lowest BCUT2D eigenvalue weighted by atomic mass is 9.95. The van der Waals surface area contributed by atoms with Crippen LogP contribution in [0.1, 0.15) is 24.8 Å². The van der Waals surface area contributed by atoms with Gasteiger partial charge in [0.2, 0.25) is 0 Å². The first-order valence-corrected chi connectivity index (χ1v) is 7.28. The van der Waals surface area contributed by atoms with Crippen molar-refractivity contribution in [2.45, 2.75) is 31.7 Å². The number of piperidine rings is 1. The Hall–Kier alpha value is -1.91. The molecule has 5 nitrogen and oxygen atoms in total. The van der Waals surface area contributed by atoms with Crippen LogP contribution in [0, 0.1) is 0 Å². The number of nitrogens with two attached hydrogens (primary N) is 1. The molecule has 2 aliphatic heterocycles. The lowest BCUT2D eigenvalue weighted by Gasteiger charge is -2.41. The van der Waals surface area contributed by atoms with Gasteiger partial charge in [-0.05, 0) is 49.4 Å². The summed E-state index contributed by atoms with van der Waals surface area (Å²) < 4.78 is 0. The molecule has 1 fully saturated rings. The van der Waals surface area contributed by atoms with Crippen LogP contribution in [0.2, 0.25) is 0 Å². The SMILES string of the molecule is Nc1ccc2c(c1)CCCN2C1CCN(C(=O)O)CC1. The minimum absolute atomic E-state index is 0.452. The van der Waals surface area contributed by atoms with Gasteiger partial charge in [-0.3, -0.25) is 0 Å². The average Bonchev–Trinajstić information content (AvgIpc) is 2.46. The monoisotopic (exact) mass is 275 g/mol. The van der Waals surface area contributed by atoms with Gasteiger partial charge in [0, 0.05) is 37.1 Å². The summed E-state index contributed by atoms with van der Waals surface area (Å²) in [7, 11) is 0. The number of anilines is 2. The number of carbonyl (C=O) groups is 1. The van der Waals surface area contributed by atoms with Crippen molar-refractivity contribution in [3.63, 3.8) is 0 Å². The Kier molecular flexibility index (Phi) is 3.42. The van der Waals surface area contributed by atoms with Crippen molar-refractivity contribution in [3.8, 4) is 0 Å². The fourth-order valence-corrected chi connectivity index (χ4v) is 3.39. The zero-order valence-corrected chi connectivity index (χ0v) is 11.6. The quantitative estimate of drug-likeness (QED) is 0.771. The third-order valence-electron chi connectivity index (χ3n) is 4.43. The summed E-state index contributed by atoms with van der Waals surface area (Å²) in [5.41, 5.74) is 9.31. The zero-order valence-electron chi connectivity index (χ0n) is 11.6. The summed E-state index contributed by atoms with van der Waals surface area (Å²) in [6.07, 6.45) is 3.27. The first-order valence-electron chi connectivity index (χ1n) is 7.28. The molecular formula is C15H21N3O2. The van der Waals surface area contributed by atoms with Crippen LogP contribution in [0.25, 0.3) is 0 Å². The second-order valence-corrected chi connectivity index (χ2v) is 5.69. The summed E-state index contributed by atoms with van der Waals surface area (Å²) >= 11 is 0. The molecule has 3 rings (SSSR count). The van der Waals surface area contributed by atoms with Crippen LogP contribution in [0.15, 0.2) is 18.2 Å². The van der Waals surface area contributed by atoms with Crippen molar-refractivity contribution in [3.05, 3.63) is 23.8 Å². The van der Waals surface area contributed by atoms with E-state index in [1.54, 1.807) is 0 Å². The molecule has 0 atom stereocenters. The molecule has 0 radical (unpaired) electrons. The highest BCUT2D eigenvalue weighted by molar-refractivity contribution is 5.65. The lowest BCUT2D eigenvalue weighted by molar-refractivity contribution is 0.131. The van der Waals surface area contributed by atoms with Gasteiger partial charge in [0.25, 0.3) is 0 Å². The van der Waals surface area contributed by atoms with E-state index in [0.717, 1.165) is 37.9 Å². The molecule has 1 amide bonds. The molecule has 0 saturated carbocycles. The van der Waals surface area contributed by atoms with Gasteiger partial charge in [0.1, 0.15) is 0 Å². The molecule has 108 valence electrons. The summed E-state index contributed by atoms with van der Waals surface area (Å²) in [4.78, 5) is 14.9. The van der Waals surface area contributed by atoms with Crippen molar-refractivity contribution in [1.29, 1.82) is 0 Å². The molecule has 2 aliphatic rings. The van der Waals surface area contributed by atoms with E-state index in [9.17, 15) is 4.79 Å². The minimum Gasteiger partial charge on any atom is -0.465 e. The largest absolute Gasteiger partial charge is 0.465 e. The van der Waals surface area contributed by atoms with Crippen molar-refractivity contribution in [2.24, 2.45) is 0 Å². The van der Waals surface area contributed by atoms with Crippen LogP contribution in [0.4, 0.5) is 16.2 Å². The molecule has 0 aromatic heterocycles. The third-order valence-corrected chi connectivity index (χ3v) is 4.43. The fraction of sp³-hybridized carbons (Fsp3) is 0.533. The van der Waals surface area contributed by atoms with Crippen molar-refractivity contribution >= 4 is 17.5 Å². The maximum Gasteiger partial charge on any atom is 0.407 e. The zero-order chi connectivity index (χ0) is 14.1. The highest BCUT2D eigenvalue weighted by atomic mass is 16.4. The normalized spacial score (nSPS) is 19.8. The number of hydrogen-bond donors (Lipinski definition) is 2.